The Balaban J connectivity index is 2.87. The maximum Gasteiger partial charge on any atom is 0.327 e. The third kappa shape index (κ3) is 3.22. The van der Waals surface area contributed by atoms with Crippen molar-refractivity contribution < 1.29 is 9.53 Å². The number of rotatable bonds is 4. The highest BCUT2D eigenvalue weighted by Gasteiger charge is 2.19. The van der Waals surface area contributed by atoms with Crippen molar-refractivity contribution in [1.82, 2.24) is 5.32 Å². The Labute approximate surface area is 94.4 Å². The van der Waals surface area contributed by atoms with Crippen molar-refractivity contribution in [2.75, 3.05) is 13.7 Å². The molecule has 1 N–H and O–H groups in total. The highest BCUT2D eigenvalue weighted by Crippen LogP contribution is 2.18. The van der Waals surface area contributed by atoms with E-state index in [-0.39, 0.29) is 5.97 Å². The normalized spacial score (nSPS) is 12.2. The number of benzene rings is 1. The van der Waals surface area contributed by atoms with Gasteiger partial charge >= 0.3 is 5.97 Å². The predicted molar refractivity (Wildman–Crippen MR) is 59.9 cm³/mol. The lowest BCUT2D eigenvalue weighted by atomic mass is 10.1. The van der Waals surface area contributed by atoms with Gasteiger partial charge in [0.2, 0.25) is 0 Å². The lowest BCUT2D eigenvalue weighted by Gasteiger charge is -2.14. The van der Waals surface area contributed by atoms with Gasteiger partial charge < -0.3 is 10.1 Å². The third-order valence-electron chi connectivity index (χ3n) is 1.99. The summed E-state index contributed by atoms with van der Waals surface area (Å²) in [5.74, 6) is -0.290. The van der Waals surface area contributed by atoms with Crippen LogP contribution in [0, 0.1) is 0 Å². The first-order valence-electron chi connectivity index (χ1n) is 4.78. The fourth-order valence-electron chi connectivity index (χ4n) is 1.33. The van der Waals surface area contributed by atoms with E-state index in [9.17, 15) is 4.79 Å². The number of likely N-dealkylation sites (N-methyl/N-ethyl adjacent to an activating group) is 1. The molecule has 0 heterocycles. The monoisotopic (exact) mass is 227 g/mol. The fraction of sp³-hybridized carbons (Fsp3) is 0.364. The molecule has 1 unspecified atom stereocenters. The van der Waals surface area contributed by atoms with Crippen molar-refractivity contribution in [2.24, 2.45) is 0 Å². The molecule has 0 radical (unpaired) electrons. The smallest absolute Gasteiger partial charge is 0.327 e. The zero-order chi connectivity index (χ0) is 11.3. The Bertz CT molecular complexity index is 341. The molecule has 3 nitrogen and oxygen atoms in total. The van der Waals surface area contributed by atoms with Crippen LogP contribution >= 0.6 is 11.6 Å². The topological polar surface area (TPSA) is 38.3 Å². The molecule has 0 aliphatic rings. The molecule has 0 amide bonds. The molecule has 1 aromatic rings. The number of carbonyl (C=O) groups excluding carboxylic acids is 1. The van der Waals surface area contributed by atoms with Crippen LogP contribution in [0.15, 0.2) is 24.3 Å². The maximum absolute atomic E-state index is 11.6. The first-order valence-corrected chi connectivity index (χ1v) is 5.16. The van der Waals surface area contributed by atoms with E-state index in [2.05, 4.69) is 5.32 Å². The second-order valence-electron chi connectivity index (χ2n) is 3.03. The van der Waals surface area contributed by atoms with Crippen molar-refractivity contribution in [2.45, 2.75) is 13.0 Å². The van der Waals surface area contributed by atoms with Gasteiger partial charge in [-0.15, -0.1) is 0 Å². The number of nitrogens with one attached hydrogen (secondary N) is 1. The largest absolute Gasteiger partial charge is 0.465 e. The summed E-state index contributed by atoms with van der Waals surface area (Å²) in [4.78, 5) is 11.6. The standard InChI is InChI=1S/C11H14ClNO2/c1-3-15-11(14)10(13-2)8-5-4-6-9(12)7-8/h4-7,10,13H,3H2,1-2H3. The van der Waals surface area contributed by atoms with Crippen LogP contribution < -0.4 is 5.32 Å². The summed E-state index contributed by atoms with van der Waals surface area (Å²) in [6.07, 6.45) is 0. The molecule has 82 valence electrons. The molecule has 1 rings (SSSR count). The van der Waals surface area contributed by atoms with Crippen molar-refractivity contribution in [3.8, 4) is 0 Å². The first-order chi connectivity index (χ1) is 7.19. The lowest BCUT2D eigenvalue weighted by molar-refractivity contribution is -0.145. The summed E-state index contributed by atoms with van der Waals surface area (Å²) < 4.78 is 4.94. The van der Waals surface area contributed by atoms with E-state index in [0.29, 0.717) is 11.6 Å². The molecule has 0 aliphatic carbocycles. The van der Waals surface area contributed by atoms with Gasteiger partial charge in [-0.2, -0.15) is 0 Å². The summed E-state index contributed by atoms with van der Waals surface area (Å²) in [5, 5.41) is 3.51. The zero-order valence-electron chi connectivity index (χ0n) is 8.79. The molecule has 15 heavy (non-hydrogen) atoms. The minimum absolute atomic E-state index is 0.290. The fourth-order valence-corrected chi connectivity index (χ4v) is 1.53. The Morgan fingerprint density at radius 1 is 1.60 bits per heavy atom. The van der Waals surface area contributed by atoms with Crippen LogP contribution in [0.2, 0.25) is 5.02 Å². The number of hydrogen-bond donors (Lipinski definition) is 1. The first kappa shape index (κ1) is 12.0. The van der Waals surface area contributed by atoms with Crippen LogP contribution in [0.5, 0.6) is 0 Å². The lowest BCUT2D eigenvalue weighted by Crippen LogP contribution is -2.27. The van der Waals surface area contributed by atoms with Gasteiger partial charge in [-0.1, -0.05) is 23.7 Å². The van der Waals surface area contributed by atoms with Gasteiger partial charge in [-0.3, -0.25) is 0 Å². The molecule has 0 fully saturated rings. The Kier molecular flexibility index (Phi) is 4.59. The van der Waals surface area contributed by atoms with E-state index in [1.165, 1.54) is 0 Å². The van der Waals surface area contributed by atoms with Gasteiger partial charge in [0, 0.05) is 5.02 Å². The highest BCUT2D eigenvalue weighted by atomic mass is 35.5. The van der Waals surface area contributed by atoms with E-state index < -0.39 is 6.04 Å². The van der Waals surface area contributed by atoms with Gasteiger partial charge in [-0.25, -0.2) is 4.79 Å². The Morgan fingerprint density at radius 2 is 2.33 bits per heavy atom. The van der Waals surface area contributed by atoms with Crippen LogP contribution in [-0.4, -0.2) is 19.6 Å². The van der Waals surface area contributed by atoms with Crippen LogP contribution in [-0.2, 0) is 9.53 Å². The van der Waals surface area contributed by atoms with E-state index in [1.54, 1.807) is 32.2 Å². The van der Waals surface area contributed by atoms with E-state index in [0.717, 1.165) is 5.56 Å². The predicted octanol–water partition coefficient (Wildman–Crippen LogP) is 2.16. The van der Waals surface area contributed by atoms with Crippen molar-refractivity contribution in [3.63, 3.8) is 0 Å². The number of esters is 1. The number of ether oxygens (including phenoxy) is 1. The Hall–Kier alpha value is -1.06. The molecule has 0 aromatic heterocycles. The molecule has 1 aromatic carbocycles. The second-order valence-corrected chi connectivity index (χ2v) is 3.47. The number of hydrogen-bond acceptors (Lipinski definition) is 3. The molecule has 0 bridgehead atoms. The van der Waals surface area contributed by atoms with Crippen LogP contribution in [0.25, 0.3) is 0 Å². The van der Waals surface area contributed by atoms with E-state index in [1.807, 2.05) is 6.07 Å². The number of carbonyl (C=O) groups is 1. The summed E-state index contributed by atoms with van der Waals surface area (Å²) >= 11 is 5.85. The van der Waals surface area contributed by atoms with Crippen molar-refractivity contribution in [3.05, 3.63) is 34.9 Å². The summed E-state index contributed by atoms with van der Waals surface area (Å²) in [6, 6.07) is 6.71. The molecule has 0 saturated carbocycles. The molecule has 0 aliphatic heterocycles. The van der Waals surface area contributed by atoms with Gasteiger partial charge in [0.25, 0.3) is 0 Å². The molecule has 1 atom stereocenters. The average molecular weight is 228 g/mol. The minimum Gasteiger partial charge on any atom is -0.465 e. The van der Waals surface area contributed by atoms with Crippen LogP contribution in [0.3, 0.4) is 0 Å². The SMILES string of the molecule is CCOC(=O)C(NC)c1cccc(Cl)c1. The Morgan fingerprint density at radius 3 is 2.87 bits per heavy atom. The summed E-state index contributed by atoms with van der Waals surface area (Å²) in [6.45, 7) is 2.15. The van der Waals surface area contributed by atoms with Gasteiger partial charge in [-0.05, 0) is 31.7 Å². The van der Waals surface area contributed by atoms with Crippen molar-refractivity contribution >= 4 is 17.6 Å². The van der Waals surface area contributed by atoms with E-state index >= 15 is 0 Å². The van der Waals surface area contributed by atoms with Gasteiger partial charge in [0.1, 0.15) is 6.04 Å². The summed E-state index contributed by atoms with van der Waals surface area (Å²) in [7, 11) is 1.71. The van der Waals surface area contributed by atoms with Gasteiger partial charge in [0.05, 0.1) is 6.61 Å². The number of halogens is 1. The van der Waals surface area contributed by atoms with Crippen LogP contribution in [0.4, 0.5) is 0 Å². The molecule has 4 heteroatoms. The second kappa shape index (κ2) is 5.73. The van der Waals surface area contributed by atoms with Crippen LogP contribution in [0.1, 0.15) is 18.5 Å². The summed E-state index contributed by atoms with van der Waals surface area (Å²) in [5.41, 5.74) is 0.809. The molecular formula is C11H14ClNO2. The molecule has 0 saturated heterocycles. The quantitative estimate of drug-likeness (QED) is 0.802. The average Bonchev–Trinajstić information content (AvgIpc) is 2.19. The molecule has 0 spiro atoms. The molecular weight excluding hydrogens is 214 g/mol. The minimum atomic E-state index is -0.455. The van der Waals surface area contributed by atoms with Crippen molar-refractivity contribution in [1.29, 1.82) is 0 Å². The third-order valence-corrected chi connectivity index (χ3v) is 2.23. The zero-order valence-corrected chi connectivity index (χ0v) is 9.54. The highest BCUT2D eigenvalue weighted by molar-refractivity contribution is 6.30. The van der Waals surface area contributed by atoms with E-state index in [4.69, 9.17) is 16.3 Å². The maximum atomic E-state index is 11.6. The van der Waals surface area contributed by atoms with Gasteiger partial charge in [0.15, 0.2) is 0 Å².